The molecule has 0 amide bonds. The third-order valence-electron chi connectivity index (χ3n) is 5.56. The lowest BCUT2D eigenvalue weighted by atomic mass is 10.1. The second-order valence-electron chi connectivity index (χ2n) is 7.46. The van der Waals surface area contributed by atoms with Crippen LogP contribution in [0, 0.1) is 24.4 Å². The first-order chi connectivity index (χ1) is 13.5. The van der Waals surface area contributed by atoms with E-state index in [1.54, 1.807) is 0 Å². The molecule has 2 aromatic carbocycles. The standard InChI is InChI=1S/C21H24F3N3S/c1-14-17(22)19(24)21-20(18(14)23)27(15-6-3-4-7-16(15)28-21)9-5-8-26-12-10-25(2)11-13-26/h3-4,6-7H,5,8-13H2,1-2H3. The maximum Gasteiger partial charge on any atom is 0.175 e. The predicted molar refractivity (Wildman–Crippen MR) is 107 cm³/mol. The smallest absolute Gasteiger partial charge is 0.175 e. The number of benzene rings is 2. The van der Waals surface area contributed by atoms with Gasteiger partial charge >= 0.3 is 0 Å². The Morgan fingerprint density at radius 1 is 0.929 bits per heavy atom. The number of halogens is 3. The minimum Gasteiger partial charge on any atom is -0.337 e. The number of likely N-dealkylation sites (N-methyl/N-ethyl adjacent to an activating group) is 1. The summed E-state index contributed by atoms with van der Waals surface area (Å²) >= 11 is 1.10. The van der Waals surface area contributed by atoms with E-state index in [0.29, 0.717) is 6.54 Å². The highest BCUT2D eigenvalue weighted by Gasteiger charge is 2.32. The van der Waals surface area contributed by atoms with E-state index in [1.165, 1.54) is 6.92 Å². The topological polar surface area (TPSA) is 9.72 Å². The molecule has 2 aliphatic rings. The molecule has 0 saturated carbocycles. The number of fused-ring (bicyclic) bond motifs is 2. The molecule has 1 saturated heterocycles. The molecule has 0 unspecified atom stereocenters. The molecule has 4 rings (SSSR count). The van der Waals surface area contributed by atoms with Crippen LogP contribution >= 0.6 is 11.8 Å². The van der Waals surface area contributed by atoms with Crippen molar-refractivity contribution in [2.75, 3.05) is 51.2 Å². The number of hydrogen-bond acceptors (Lipinski definition) is 4. The molecule has 0 N–H and O–H groups in total. The Balaban J connectivity index is 1.62. The Hall–Kier alpha value is -1.70. The number of piperazine rings is 1. The SMILES string of the molecule is Cc1c(F)c(F)c2c(c1F)N(CCCN1CCN(C)CC1)c1ccccc1S2. The van der Waals surface area contributed by atoms with Crippen molar-refractivity contribution in [2.24, 2.45) is 0 Å². The lowest BCUT2D eigenvalue weighted by Gasteiger charge is -2.35. The summed E-state index contributed by atoms with van der Waals surface area (Å²) < 4.78 is 43.8. The third kappa shape index (κ3) is 3.51. The van der Waals surface area contributed by atoms with Crippen molar-refractivity contribution < 1.29 is 13.2 Å². The van der Waals surface area contributed by atoms with Crippen LogP contribution in [0.2, 0.25) is 0 Å². The molecular weight excluding hydrogens is 383 g/mol. The van der Waals surface area contributed by atoms with Gasteiger partial charge in [-0.1, -0.05) is 23.9 Å². The van der Waals surface area contributed by atoms with Crippen LogP contribution in [0.1, 0.15) is 12.0 Å². The van der Waals surface area contributed by atoms with Crippen molar-refractivity contribution in [3.8, 4) is 0 Å². The molecule has 0 aliphatic carbocycles. The van der Waals surface area contributed by atoms with Crippen LogP contribution in [0.3, 0.4) is 0 Å². The predicted octanol–water partition coefficient (Wildman–Crippen LogP) is 4.65. The molecule has 0 bridgehead atoms. The van der Waals surface area contributed by atoms with Crippen molar-refractivity contribution in [2.45, 2.75) is 23.1 Å². The minimum absolute atomic E-state index is 0.0406. The van der Waals surface area contributed by atoms with Gasteiger partial charge in [0.1, 0.15) is 0 Å². The first-order valence-electron chi connectivity index (χ1n) is 9.59. The average Bonchev–Trinajstić information content (AvgIpc) is 2.71. The zero-order valence-corrected chi connectivity index (χ0v) is 17.0. The lowest BCUT2D eigenvalue weighted by Crippen LogP contribution is -2.45. The Morgan fingerprint density at radius 2 is 1.64 bits per heavy atom. The monoisotopic (exact) mass is 407 g/mol. The highest BCUT2D eigenvalue weighted by molar-refractivity contribution is 7.99. The fourth-order valence-corrected chi connectivity index (χ4v) is 4.95. The highest BCUT2D eigenvalue weighted by Crippen LogP contribution is 2.51. The fourth-order valence-electron chi connectivity index (χ4n) is 3.83. The van der Waals surface area contributed by atoms with Crippen molar-refractivity contribution in [3.63, 3.8) is 0 Å². The van der Waals surface area contributed by atoms with Crippen LogP contribution in [0.5, 0.6) is 0 Å². The summed E-state index contributed by atoms with van der Waals surface area (Å²) in [6, 6.07) is 7.53. The van der Waals surface area contributed by atoms with Gasteiger partial charge in [-0.15, -0.1) is 0 Å². The van der Waals surface area contributed by atoms with E-state index in [-0.39, 0.29) is 16.1 Å². The summed E-state index contributed by atoms with van der Waals surface area (Å²) in [5.41, 5.74) is 0.751. The Kier molecular flexibility index (Phi) is 5.58. The molecule has 0 radical (unpaired) electrons. The van der Waals surface area contributed by atoms with Gasteiger partial charge < -0.3 is 14.7 Å². The van der Waals surface area contributed by atoms with Crippen molar-refractivity contribution in [1.29, 1.82) is 0 Å². The van der Waals surface area contributed by atoms with Gasteiger partial charge in [0.25, 0.3) is 0 Å². The van der Waals surface area contributed by atoms with E-state index in [0.717, 1.165) is 61.5 Å². The summed E-state index contributed by atoms with van der Waals surface area (Å²) in [5, 5.41) is 0. The number of nitrogens with zero attached hydrogens (tertiary/aromatic N) is 3. The van der Waals surface area contributed by atoms with Gasteiger partial charge in [0.2, 0.25) is 0 Å². The molecule has 2 aliphatic heterocycles. The molecule has 0 spiro atoms. The second-order valence-corrected chi connectivity index (χ2v) is 8.52. The van der Waals surface area contributed by atoms with Crippen LogP contribution in [0.4, 0.5) is 24.5 Å². The van der Waals surface area contributed by atoms with Crippen LogP contribution < -0.4 is 4.90 Å². The van der Waals surface area contributed by atoms with Gasteiger partial charge in [-0.2, -0.15) is 0 Å². The van der Waals surface area contributed by atoms with Crippen molar-refractivity contribution in [3.05, 3.63) is 47.3 Å². The first-order valence-corrected chi connectivity index (χ1v) is 10.4. The van der Waals surface area contributed by atoms with E-state index >= 15 is 4.39 Å². The fraction of sp³-hybridized carbons (Fsp3) is 0.429. The number of rotatable bonds is 4. The van der Waals surface area contributed by atoms with E-state index in [2.05, 4.69) is 16.8 Å². The van der Waals surface area contributed by atoms with E-state index in [9.17, 15) is 8.78 Å². The summed E-state index contributed by atoms with van der Waals surface area (Å²) in [4.78, 5) is 7.39. The second kappa shape index (κ2) is 7.97. The summed E-state index contributed by atoms with van der Waals surface area (Å²) in [7, 11) is 2.12. The maximum atomic E-state index is 15.0. The van der Waals surface area contributed by atoms with E-state index in [1.807, 2.05) is 29.2 Å². The van der Waals surface area contributed by atoms with Gasteiger partial charge in [0.05, 0.1) is 16.3 Å². The van der Waals surface area contributed by atoms with Crippen molar-refractivity contribution in [1.82, 2.24) is 9.80 Å². The normalized spacial score (nSPS) is 17.5. The molecule has 1 fully saturated rings. The summed E-state index contributed by atoms with van der Waals surface area (Å²) in [6.07, 6.45) is 0.819. The van der Waals surface area contributed by atoms with Gasteiger partial charge in [-0.3, -0.25) is 0 Å². The Labute approximate surface area is 168 Å². The quantitative estimate of drug-likeness (QED) is 0.682. The number of para-hydroxylation sites is 1. The molecular formula is C21H24F3N3S. The highest BCUT2D eigenvalue weighted by atomic mass is 32.2. The van der Waals surface area contributed by atoms with Crippen molar-refractivity contribution >= 4 is 23.1 Å². The lowest BCUT2D eigenvalue weighted by molar-refractivity contribution is 0.153. The third-order valence-corrected chi connectivity index (χ3v) is 6.71. The maximum absolute atomic E-state index is 15.0. The van der Waals surface area contributed by atoms with Gasteiger partial charge in [-0.25, -0.2) is 13.2 Å². The zero-order valence-electron chi connectivity index (χ0n) is 16.1. The van der Waals surface area contributed by atoms with E-state index < -0.39 is 17.5 Å². The molecule has 2 heterocycles. The molecule has 3 nitrogen and oxygen atoms in total. The first kappa shape index (κ1) is 19.6. The van der Waals surface area contributed by atoms with Crippen LogP contribution in [0.15, 0.2) is 34.1 Å². The zero-order chi connectivity index (χ0) is 19.8. The van der Waals surface area contributed by atoms with Gasteiger partial charge in [-0.05, 0) is 39.1 Å². The Bertz CT molecular complexity index is 882. The van der Waals surface area contributed by atoms with Gasteiger partial charge in [0, 0.05) is 43.2 Å². The van der Waals surface area contributed by atoms with Crippen LogP contribution in [0.25, 0.3) is 0 Å². The summed E-state index contributed by atoms with van der Waals surface area (Å²) in [6.45, 7) is 6.88. The number of hydrogen-bond donors (Lipinski definition) is 0. The molecule has 2 aromatic rings. The largest absolute Gasteiger partial charge is 0.337 e. The molecule has 28 heavy (non-hydrogen) atoms. The molecule has 0 aromatic heterocycles. The van der Waals surface area contributed by atoms with E-state index in [4.69, 9.17) is 0 Å². The van der Waals surface area contributed by atoms with Crippen LogP contribution in [-0.2, 0) is 0 Å². The molecule has 0 atom stereocenters. The average molecular weight is 408 g/mol. The molecule has 7 heteroatoms. The Morgan fingerprint density at radius 3 is 2.39 bits per heavy atom. The summed E-state index contributed by atoms with van der Waals surface area (Å²) in [5.74, 6) is -2.73. The minimum atomic E-state index is -1.10. The van der Waals surface area contributed by atoms with Gasteiger partial charge in [0.15, 0.2) is 17.5 Å². The molecule has 150 valence electrons. The number of anilines is 2. The van der Waals surface area contributed by atoms with Crippen LogP contribution in [-0.4, -0.2) is 56.1 Å².